The lowest BCUT2D eigenvalue weighted by molar-refractivity contribution is 0.101. The fourth-order valence-corrected chi connectivity index (χ4v) is 2.73. The summed E-state index contributed by atoms with van der Waals surface area (Å²) in [5, 5.41) is 0.512. The van der Waals surface area contributed by atoms with Crippen LogP contribution in [0.25, 0.3) is 10.2 Å². The molecule has 3 aromatic rings. The van der Waals surface area contributed by atoms with Crippen molar-refractivity contribution in [2.75, 3.05) is 5.73 Å². The van der Waals surface area contributed by atoms with Crippen molar-refractivity contribution in [3.63, 3.8) is 0 Å². The lowest BCUT2D eigenvalue weighted by Crippen LogP contribution is -1.98. The van der Waals surface area contributed by atoms with E-state index in [9.17, 15) is 4.79 Å². The van der Waals surface area contributed by atoms with Gasteiger partial charge in [-0.2, -0.15) is 0 Å². The van der Waals surface area contributed by atoms with E-state index < -0.39 is 0 Å². The van der Waals surface area contributed by atoms with Crippen LogP contribution >= 0.6 is 11.3 Å². The number of para-hydroxylation sites is 1. The molecule has 0 radical (unpaired) electrons. The molecule has 1 aromatic heterocycles. The predicted molar refractivity (Wildman–Crippen MR) is 80.6 cm³/mol. The maximum Gasteiger partial charge on any atom is 0.279 e. The minimum atomic E-state index is -0.0894. The number of hydrogen-bond donors (Lipinski definition) is 1. The van der Waals surface area contributed by atoms with Crippen molar-refractivity contribution in [2.24, 2.45) is 0 Å². The Labute approximate surface area is 119 Å². The van der Waals surface area contributed by atoms with Gasteiger partial charge in [-0.15, -0.1) is 0 Å². The van der Waals surface area contributed by atoms with E-state index in [1.54, 1.807) is 18.2 Å². The van der Waals surface area contributed by atoms with Gasteiger partial charge in [0.1, 0.15) is 5.75 Å². The van der Waals surface area contributed by atoms with Crippen LogP contribution in [0.4, 0.5) is 5.69 Å². The van der Waals surface area contributed by atoms with Crippen molar-refractivity contribution in [3.05, 3.63) is 48.0 Å². The molecule has 2 N–H and O–H groups in total. The number of nitrogens with zero attached hydrogens (tertiary/aromatic N) is 1. The number of aromatic nitrogens is 1. The van der Waals surface area contributed by atoms with Crippen LogP contribution in [-0.4, -0.2) is 10.8 Å². The highest BCUT2D eigenvalue weighted by Gasteiger charge is 2.12. The number of hydrogen-bond acceptors (Lipinski definition) is 5. The average molecular weight is 284 g/mol. The Morgan fingerprint density at radius 3 is 2.80 bits per heavy atom. The van der Waals surface area contributed by atoms with Crippen molar-refractivity contribution in [1.29, 1.82) is 0 Å². The van der Waals surface area contributed by atoms with E-state index in [1.165, 1.54) is 18.3 Å². The van der Waals surface area contributed by atoms with Gasteiger partial charge in [0.05, 0.1) is 15.8 Å². The number of nitrogen functional groups attached to an aromatic ring is 1. The SMILES string of the molecule is CC(=O)c1cc(N)ccc1Oc1nc2ccccc2s1. The van der Waals surface area contributed by atoms with E-state index >= 15 is 0 Å². The zero-order chi connectivity index (χ0) is 14.1. The van der Waals surface area contributed by atoms with E-state index in [4.69, 9.17) is 10.5 Å². The van der Waals surface area contributed by atoms with Gasteiger partial charge in [-0.1, -0.05) is 23.5 Å². The summed E-state index contributed by atoms with van der Waals surface area (Å²) in [6.45, 7) is 1.49. The lowest BCUT2D eigenvalue weighted by atomic mass is 10.1. The van der Waals surface area contributed by atoms with Crippen LogP contribution in [0, 0.1) is 0 Å². The standard InChI is InChI=1S/C15H12N2O2S/c1-9(18)11-8-10(16)6-7-13(11)19-15-17-12-4-2-3-5-14(12)20-15/h2-8H,16H2,1H3. The fraction of sp³-hybridized carbons (Fsp3) is 0.0667. The molecule has 2 aromatic carbocycles. The largest absolute Gasteiger partial charge is 0.430 e. The normalized spacial score (nSPS) is 10.7. The highest BCUT2D eigenvalue weighted by molar-refractivity contribution is 7.20. The molecule has 0 aliphatic carbocycles. The molecule has 0 aliphatic heterocycles. The summed E-state index contributed by atoms with van der Waals surface area (Å²) in [6.07, 6.45) is 0. The first kappa shape index (κ1) is 12.6. The van der Waals surface area contributed by atoms with Gasteiger partial charge in [-0.3, -0.25) is 4.79 Å². The van der Waals surface area contributed by atoms with Gasteiger partial charge < -0.3 is 10.5 Å². The number of anilines is 1. The van der Waals surface area contributed by atoms with E-state index in [2.05, 4.69) is 4.98 Å². The fourth-order valence-electron chi connectivity index (χ4n) is 1.90. The molecule has 0 amide bonds. The Morgan fingerprint density at radius 1 is 1.25 bits per heavy atom. The Kier molecular flexibility index (Phi) is 3.12. The predicted octanol–water partition coefficient (Wildman–Crippen LogP) is 3.87. The van der Waals surface area contributed by atoms with Crippen LogP contribution in [0.5, 0.6) is 10.9 Å². The number of ether oxygens (including phenoxy) is 1. The summed E-state index contributed by atoms with van der Waals surface area (Å²) in [6, 6.07) is 12.8. The number of fused-ring (bicyclic) bond motifs is 1. The van der Waals surface area contributed by atoms with Crippen LogP contribution in [-0.2, 0) is 0 Å². The molecular formula is C15H12N2O2S. The van der Waals surface area contributed by atoms with Crippen LogP contribution in [0.1, 0.15) is 17.3 Å². The van der Waals surface area contributed by atoms with E-state index in [-0.39, 0.29) is 5.78 Å². The molecule has 0 unspecified atom stereocenters. The maximum atomic E-state index is 11.6. The first-order valence-corrected chi connectivity index (χ1v) is 6.89. The molecule has 0 spiro atoms. The molecule has 0 bridgehead atoms. The second-order valence-electron chi connectivity index (χ2n) is 4.36. The van der Waals surface area contributed by atoms with E-state index in [0.717, 1.165) is 10.2 Å². The average Bonchev–Trinajstić information content (AvgIpc) is 2.82. The number of carbonyl (C=O) groups excluding carboxylic acids is 1. The van der Waals surface area contributed by atoms with Gasteiger partial charge in [0.15, 0.2) is 5.78 Å². The summed E-state index contributed by atoms with van der Waals surface area (Å²) in [5.41, 5.74) is 7.58. The van der Waals surface area contributed by atoms with Crippen molar-refractivity contribution in [1.82, 2.24) is 4.98 Å². The smallest absolute Gasteiger partial charge is 0.279 e. The Morgan fingerprint density at radius 2 is 2.05 bits per heavy atom. The molecule has 100 valence electrons. The molecule has 1 heterocycles. The quantitative estimate of drug-likeness (QED) is 0.585. The lowest BCUT2D eigenvalue weighted by Gasteiger charge is -2.07. The molecule has 5 heteroatoms. The van der Waals surface area contributed by atoms with Gasteiger partial charge in [-0.05, 0) is 37.3 Å². The minimum Gasteiger partial charge on any atom is -0.430 e. The third-order valence-corrected chi connectivity index (χ3v) is 3.77. The summed E-state index contributed by atoms with van der Waals surface area (Å²) >= 11 is 1.44. The number of Topliss-reactive ketones (excluding diaryl/α,β-unsaturated/α-hetero) is 1. The van der Waals surface area contributed by atoms with Crippen LogP contribution in [0.15, 0.2) is 42.5 Å². The van der Waals surface area contributed by atoms with E-state index in [0.29, 0.717) is 22.2 Å². The highest BCUT2D eigenvalue weighted by atomic mass is 32.1. The molecule has 3 rings (SSSR count). The van der Waals surface area contributed by atoms with Crippen molar-refractivity contribution < 1.29 is 9.53 Å². The van der Waals surface area contributed by atoms with Crippen molar-refractivity contribution >= 4 is 33.0 Å². The molecular weight excluding hydrogens is 272 g/mol. The molecule has 0 fully saturated rings. The third kappa shape index (κ3) is 2.35. The van der Waals surface area contributed by atoms with Crippen molar-refractivity contribution in [2.45, 2.75) is 6.92 Å². The summed E-state index contributed by atoms with van der Waals surface area (Å²) in [5.74, 6) is 0.388. The van der Waals surface area contributed by atoms with Gasteiger partial charge in [0.2, 0.25) is 0 Å². The van der Waals surface area contributed by atoms with Crippen LogP contribution < -0.4 is 10.5 Å². The van der Waals surface area contributed by atoms with Crippen LogP contribution in [0.2, 0.25) is 0 Å². The Hall–Kier alpha value is -2.40. The van der Waals surface area contributed by atoms with Gasteiger partial charge in [0, 0.05) is 5.69 Å². The van der Waals surface area contributed by atoms with Crippen LogP contribution in [0.3, 0.4) is 0 Å². The first-order valence-electron chi connectivity index (χ1n) is 6.07. The van der Waals surface area contributed by atoms with Gasteiger partial charge in [-0.25, -0.2) is 4.98 Å². The Bertz CT molecular complexity index is 762. The van der Waals surface area contributed by atoms with Gasteiger partial charge >= 0.3 is 0 Å². The topological polar surface area (TPSA) is 65.2 Å². The summed E-state index contributed by atoms with van der Waals surface area (Å²) in [4.78, 5) is 16.0. The third-order valence-electron chi connectivity index (χ3n) is 2.85. The zero-order valence-corrected chi connectivity index (χ0v) is 11.6. The number of thiazole rings is 1. The highest BCUT2D eigenvalue weighted by Crippen LogP contribution is 2.33. The molecule has 0 aliphatic rings. The number of benzene rings is 2. The van der Waals surface area contributed by atoms with Crippen molar-refractivity contribution in [3.8, 4) is 10.9 Å². The molecule has 4 nitrogen and oxygen atoms in total. The molecule has 0 saturated carbocycles. The second kappa shape index (κ2) is 4.94. The first-order chi connectivity index (χ1) is 9.63. The number of ketones is 1. The second-order valence-corrected chi connectivity index (χ2v) is 5.35. The number of nitrogens with two attached hydrogens (primary N) is 1. The van der Waals surface area contributed by atoms with Gasteiger partial charge in [0.25, 0.3) is 5.19 Å². The monoisotopic (exact) mass is 284 g/mol. The number of carbonyl (C=O) groups is 1. The molecule has 20 heavy (non-hydrogen) atoms. The minimum absolute atomic E-state index is 0.0894. The number of rotatable bonds is 3. The summed E-state index contributed by atoms with van der Waals surface area (Å²) < 4.78 is 6.79. The molecule has 0 saturated heterocycles. The molecule has 0 atom stereocenters. The summed E-state index contributed by atoms with van der Waals surface area (Å²) in [7, 11) is 0. The van der Waals surface area contributed by atoms with E-state index in [1.807, 2.05) is 24.3 Å². The maximum absolute atomic E-state index is 11.6. The Balaban J connectivity index is 2.00. The zero-order valence-electron chi connectivity index (χ0n) is 10.8.